The summed E-state index contributed by atoms with van der Waals surface area (Å²) in [6.45, 7) is 1.91. The topological polar surface area (TPSA) is 58.2 Å². The summed E-state index contributed by atoms with van der Waals surface area (Å²) < 4.78 is 13.4. The molecule has 0 saturated heterocycles. The lowest BCUT2D eigenvalue weighted by atomic mass is 10.1. The van der Waals surface area contributed by atoms with Crippen LogP contribution < -0.4 is 10.6 Å². The molecule has 0 heterocycles. The maximum Gasteiger partial charge on any atom is 0.313 e. The van der Waals surface area contributed by atoms with E-state index < -0.39 is 11.8 Å². The fourth-order valence-corrected chi connectivity index (χ4v) is 2.19. The van der Waals surface area contributed by atoms with Gasteiger partial charge in [0.15, 0.2) is 0 Å². The van der Waals surface area contributed by atoms with Crippen molar-refractivity contribution in [3.8, 4) is 0 Å². The molecular weight excluding hydrogens is 319 g/mol. The minimum absolute atomic E-state index is 0.168. The zero-order chi connectivity index (χ0) is 16.8. The van der Waals surface area contributed by atoms with Crippen molar-refractivity contribution in [2.75, 3.05) is 11.9 Å². The van der Waals surface area contributed by atoms with Crippen LogP contribution >= 0.6 is 11.6 Å². The summed E-state index contributed by atoms with van der Waals surface area (Å²) in [4.78, 5) is 23.6. The molecule has 0 unspecified atom stereocenters. The largest absolute Gasteiger partial charge is 0.347 e. The molecule has 0 aliphatic carbocycles. The lowest BCUT2D eigenvalue weighted by Gasteiger charge is -2.10. The second kappa shape index (κ2) is 7.74. The Morgan fingerprint density at radius 1 is 1.09 bits per heavy atom. The molecule has 23 heavy (non-hydrogen) atoms. The number of hydrogen-bond donors (Lipinski definition) is 2. The predicted octanol–water partition coefficient (Wildman–Crippen LogP) is 3.08. The fourth-order valence-electron chi connectivity index (χ4n) is 2.01. The zero-order valence-electron chi connectivity index (χ0n) is 12.5. The van der Waals surface area contributed by atoms with Crippen molar-refractivity contribution in [2.45, 2.75) is 13.3 Å². The quantitative estimate of drug-likeness (QED) is 0.844. The summed E-state index contributed by atoms with van der Waals surface area (Å²) >= 11 is 5.96. The highest BCUT2D eigenvalue weighted by Gasteiger charge is 2.15. The monoisotopic (exact) mass is 334 g/mol. The molecule has 0 bridgehead atoms. The van der Waals surface area contributed by atoms with E-state index in [4.69, 9.17) is 11.6 Å². The molecule has 2 rings (SSSR count). The van der Waals surface area contributed by atoms with Crippen molar-refractivity contribution in [1.29, 1.82) is 0 Å². The lowest BCUT2D eigenvalue weighted by Crippen LogP contribution is -2.36. The van der Waals surface area contributed by atoms with Gasteiger partial charge in [-0.2, -0.15) is 0 Å². The lowest BCUT2D eigenvalue weighted by molar-refractivity contribution is -0.136. The molecule has 120 valence electrons. The van der Waals surface area contributed by atoms with Gasteiger partial charge in [-0.05, 0) is 42.7 Å². The molecule has 6 heteroatoms. The first kappa shape index (κ1) is 17.0. The third-order valence-electron chi connectivity index (χ3n) is 3.36. The molecule has 2 aromatic carbocycles. The Balaban J connectivity index is 1.87. The van der Waals surface area contributed by atoms with Crippen LogP contribution in [-0.4, -0.2) is 18.4 Å². The standard InChI is InChI=1S/C17H16ClFN2O2/c1-11-13(18)6-4-8-15(11)21-17(23)16(22)20-10-9-12-5-2-3-7-14(12)19/h2-8H,9-10H2,1H3,(H,20,22)(H,21,23). The first-order chi connectivity index (χ1) is 11.0. The third kappa shape index (κ3) is 4.53. The van der Waals surface area contributed by atoms with E-state index in [0.29, 0.717) is 28.3 Å². The highest BCUT2D eigenvalue weighted by atomic mass is 35.5. The Morgan fingerprint density at radius 3 is 2.57 bits per heavy atom. The number of amides is 2. The maximum atomic E-state index is 13.4. The second-order valence-electron chi connectivity index (χ2n) is 4.96. The number of carbonyl (C=O) groups is 2. The normalized spacial score (nSPS) is 10.2. The van der Waals surface area contributed by atoms with Crippen molar-refractivity contribution in [3.63, 3.8) is 0 Å². The van der Waals surface area contributed by atoms with Crippen LogP contribution in [-0.2, 0) is 16.0 Å². The van der Waals surface area contributed by atoms with Crippen LogP contribution in [0, 0.1) is 12.7 Å². The van der Waals surface area contributed by atoms with Crippen LogP contribution in [0.25, 0.3) is 0 Å². The van der Waals surface area contributed by atoms with Gasteiger partial charge in [-0.25, -0.2) is 4.39 Å². The van der Waals surface area contributed by atoms with E-state index >= 15 is 0 Å². The van der Waals surface area contributed by atoms with Gasteiger partial charge in [0.05, 0.1) is 0 Å². The number of benzene rings is 2. The number of anilines is 1. The first-order valence-corrected chi connectivity index (χ1v) is 7.44. The minimum Gasteiger partial charge on any atom is -0.347 e. The molecule has 2 aromatic rings. The molecule has 0 aromatic heterocycles. The summed E-state index contributed by atoms with van der Waals surface area (Å²) in [7, 11) is 0. The van der Waals surface area contributed by atoms with Crippen molar-refractivity contribution in [3.05, 3.63) is 64.4 Å². The second-order valence-corrected chi connectivity index (χ2v) is 5.37. The molecule has 0 aliphatic heterocycles. The molecule has 0 aliphatic rings. The van der Waals surface area contributed by atoms with Crippen LogP contribution in [0.2, 0.25) is 5.02 Å². The summed E-state index contributed by atoms with van der Waals surface area (Å²) in [6, 6.07) is 11.3. The Morgan fingerprint density at radius 2 is 1.83 bits per heavy atom. The average molecular weight is 335 g/mol. The maximum absolute atomic E-state index is 13.4. The highest BCUT2D eigenvalue weighted by Crippen LogP contribution is 2.22. The van der Waals surface area contributed by atoms with Gasteiger partial charge < -0.3 is 10.6 Å². The van der Waals surface area contributed by atoms with Crippen LogP contribution in [0.4, 0.5) is 10.1 Å². The van der Waals surface area contributed by atoms with E-state index in [9.17, 15) is 14.0 Å². The summed E-state index contributed by atoms with van der Waals surface area (Å²) in [5.74, 6) is -1.90. The van der Waals surface area contributed by atoms with E-state index in [-0.39, 0.29) is 12.4 Å². The predicted molar refractivity (Wildman–Crippen MR) is 87.9 cm³/mol. The van der Waals surface area contributed by atoms with Crippen LogP contribution in [0.5, 0.6) is 0 Å². The fraction of sp³-hybridized carbons (Fsp3) is 0.176. The third-order valence-corrected chi connectivity index (χ3v) is 3.77. The summed E-state index contributed by atoms with van der Waals surface area (Å²) in [6.07, 6.45) is 0.307. The molecule has 0 saturated carbocycles. The van der Waals surface area contributed by atoms with Gasteiger partial charge in [0.2, 0.25) is 0 Å². The van der Waals surface area contributed by atoms with E-state index in [1.807, 2.05) is 0 Å². The van der Waals surface area contributed by atoms with Gasteiger partial charge in [-0.15, -0.1) is 0 Å². The Bertz CT molecular complexity index is 734. The van der Waals surface area contributed by atoms with E-state index in [2.05, 4.69) is 10.6 Å². The van der Waals surface area contributed by atoms with Gasteiger partial charge >= 0.3 is 11.8 Å². The molecule has 2 amide bonds. The van der Waals surface area contributed by atoms with Crippen LogP contribution in [0.15, 0.2) is 42.5 Å². The Labute approximate surface area is 138 Å². The molecule has 0 radical (unpaired) electrons. The first-order valence-electron chi connectivity index (χ1n) is 7.06. The Hall–Kier alpha value is -2.40. The number of halogens is 2. The van der Waals surface area contributed by atoms with Gasteiger partial charge in [0.1, 0.15) is 5.82 Å². The number of nitrogens with one attached hydrogen (secondary N) is 2. The number of carbonyl (C=O) groups excluding carboxylic acids is 2. The van der Waals surface area contributed by atoms with Crippen molar-refractivity contribution in [1.82, 2.24) is 5.32 Å². The minimum atomic E-state index is -0.788. The molecule has 0 atom stereocenters. The van der Waals surface area contributed by atoms with Gasteiger partial charge in [-0.3, -0.25) is 9.59 Å². The van der Waals surface area contributed by atoms with Crippen LogP contribution in [0.1, 0.15) is 11.1 Å². The van der Waals surface area contributed by atoms with E-state index in [0.717, 1.165) is 0 Å². The van der Waals surface area contributed by atoms with Gasteiger partial charge in [0.25, 0.3) is 0 Å². The van der Waals surface area contributed by atoms with E-state index in [1.54, 1.807) is 43.3 Å². The zero-order valence-corrected chi connectivity index (χ0v) is 13.3. The number of rotatable bonds is 4. The van der Waals surface area contributed by atoms with Gasteiger partial charge in [0, 0.05) is 17.3 Å². The van der Waals surface area contributed by atoms with E-state index in [1.165, 1.54) is 6.07 Å². The molecule has 4 nitrogen and oxygen atoms in total. The molecule has 0 fully saturated rings. The van der Waals surface area contributed by atoms with Crippen molar-refractivity contribution in [2.24, 2.45) is 0 Å². The Kier molecular flexibility index (Phi) is 5.71. The average Bonchev–Trinajstić information content (AvgIpc) is 2.53. The molecule has 0 spiro atoms. The van der Waals surface area contributed by atoms with Gasteiger partial charge in [-0.1, -0.05) is 35.9 Å². The van der Waals surface area contributed by atoms with Crippen LogP contribution in [0.3, 0.4) is 0 Å². The SMILES string of the molecule is Cc1c(Cl)cccc1NC(=O)C(=O)NCCc1ccccc1F. The molecular formula is C17H16ClFN2O2. The highest BCUT2D eigenvalue weighted by molar-refractivity contribution is 6.40. The summed E-state index contributed by atoms with van der Waals surface area (Å²) in [5.41, 5.74) is 1.65. The van der Waals surface area contributed by atoms with Crippen molar-refractivity contribution >= 4 is 29.1 Å². The summed E-state index contributed by atoms with van der Waals surface area (Å²) in [5, 5.41) is 5.47. The number of hydrogen-bond acceptors (Lipinski definition) is 2. The smallest absolute Gasteiger partial charge is 0.313 e. The molecule has 2 N–H and O–H groups in total. The van der Waals surface area contributed by atoms with Crippen molar-refractivity contribution < 1.29 is 14.0 Å².